The second kappa shape index (κ2) is 3.99. The van der Waals surface area contributed by atoms with Gasteiger partial charge in [0.1, 0.15) is 11.4 Å². The van der Waals surface area contributed by atoms with E-state index in [1.54, 1.807) is 14.1 Å². The van der Waals surface area contributed by atoms with Gasteiger partial charge in [-0.1, -0.05) is 0 Å². The summed E-state index contributed by atoms with van der Waals surface area (Å²) in [5, 5.41) is 9.78. The van der Waals surface area contributed by atoms with Gasteiger partial charge in [-0.15, -0.1) is 0 Å². The lowest BCUT2D eigenvalue weighted by atomic mass is 10.3. The molecule has 0 radical (unpaired) electrons. The van der Waals surface area contributed by atoms with Gasteiger partial charge in [-0.25, -0.2) is 0 Å². The van der Waals surface area contributed by atoms with Crippen LogP contribution >= 0.6 is 0 Å². The number of carbonyl (C=O) groups is 1. The first kappa shape index (κ1) is 11.0. The lowest BCUT2D eigenvalue weighted by Gasteiger charge is -2.02. The summed E-state index contributed by atoms with van der Waals surface area (Å²) in [6.45, 7) is -0.125. The van der Waals surface area contributed by atoms with E-state index in [1.165, 1.54) is 9.36 Å². The number of amides is 1. The second-order valence-corrected chi connectivity index (χ2v) is 3.08. The minimum Gasteiger partial charge on any atom is -0.370 e. The molecule has 0 aromatic carbocycles. The van der Waals surface area contributed by atoms with Crippen molar-refractivity contribution in [1.82, 2.24) is 9.36 Å². The summed E-state index contributed by atoms with van der Waals surface area (Å²) in [6, 6.07) is 0. The number of hydrogen-bond acceptors (Lipinski definition) is 4. The number of hydrogen-bond donors (Lipinski definition) is 3. The molecule has 15 heavy (non-hydrogen) atoms. The first-order valence-corrected chi connectivity index (χ1v) is 4.27. The Morgan fingerprint density at radius 1 is 1.53 bits per heavy atom. The van der Waals surface area contributed by atoms with Crippen LogP contribution in [0.25, 0.3) is 0 Å². The molecule has 0 saturated carbocycles. The van der Waals surface area contributed by atoms with E-state index in [9.17, 15) is 9.59 Å². The topological polar surface area (TPSA) is 106 Å². The van der Waals surface area contributed by atoms with Gasteiger partial charge in [-0.3, -0.25) is 19.0 Å². The van der Waals surface area contributed by atoms with E-state index in [0.29, 0.717) is 5.69 Å². The van der Waals surface area contributed by atoms with E-state index in [2.05, 4.69) is 5.32 Å². The van der Waals surface area contributed by atoms with Crippen LogP contribution in [0.3, 0.4) is 0 Å². The number of rotatable bonds is 4. The number of nitrogens with zero attached hydrogens (tertiary/aromatic N) is 2. The number of carbonyl (C=O) groups excluding carboxylic acids is 1. The van der Waals surface area contributed by atoms with Crippen LogP contribution in [0, 0.1) is 5.41 Å². The SMILES string of the molecule is Cn1c(C=N)c(NCC(N)=O)c(=O)n1C. The fourth-order valence-corrected chi connectivity index (χ4v) is 1.24. The Labute approximate surface area is 86.0 Å². The molecule has 1 aromatic heterocycles. The summed E-state index contributed by atoms with van der Waals surface area (Å²) in [5.74, 6) is -0.558. The highest BCUT2D eigenvalue weighted by molar-refractivity contribution is 5.85. The van der Waals surface area contributed by atoms with Crippen molar-refractivity contribution < 1.29 is 4.79 Å². The lowest BCUT2D eigenvalue weighted by molar-refractivity contribution is -0.116. The Bertz CT molecular complexity index is 456. The Morgan fingerprint density at radius 3 is 2.60 bits per heavy atom. The van der Waals surface area contributed by atoms with Crippen molar-refractivity contribution in [3.63, 3.8) is 0 Å². The first-order chi connectivity index (χ1) is 6.99. The average molecular weight is 211 g/mol. The molecule has 4 N–H and O–H groups in total. The third-order valence-electron chi connectivity index (χ3n) is 2.14. The molecule has 0 aliphatic carbocycles. The van der Waals surface area contributed by atoms with Gasteiger partial charge in [0.25, 0.3) is 5.56 Å². The summed E-state index contributed by atoms with van der Waals surface area (Å²) >= 11 is 0. The summed E-state index contributed by atoms with van der Waals surface area (Å²) in [5.41, 5.74) is 5.28. The normalized spacial score (nSPS) is 10.0. The third-order valence-corrected chi connectivity index (χ3v) is 2.14. The number of aromatic nitrogens is 2. The molecule has 0 spiro atoms. The predicted molar refractivity (Wildman–Crippen MR) is 56.2 cm³/mol. The monoisotopic (exact) mass is 211 g/mol. The summed E-state index contributed by atoms with van der Waals surface area (Å²) in [6.07, 6.45) is 1.05. The Hall–Kier alpha value is -2.05. The van der Waals surface area contributed by atoms with E-state index in [1.807, 2.05) is 0 Å². The zero-order valence-electron chi connectivity index (χ0n) is 8.57. The molecule has 1 aromatic rings. The van der Waals surface area contributed by atoms with Crippen LogP contribution in [-0.4, -0.2) is 28.0 Å². The van der Waals surface area contributed by atoms with Crippen molar-refractivity contribution in [3.8, 4) is 0 Å². The predicted octanol–water partition coefficient (Wildman–Crippen LogP) is -1.38. The van der Waals surface area contributed by atoms with Gasteiger partial charge in [0.15, 0.2) is 0 Å². The van der Waals surface area contributed by atoms with E-state index in [0.717, 1.165) is 6.21 Å². The van der Waals surface area contributed by atoms with Crippen LogP contribution in [0.5, 0.6) is 0 Å². The first-order valence-electron chi connectivity index (χ1n) is 4.27. The number of anilines is 1. The molecule has 0 aliphatic heterocycles. The van der Waals surface area contributed by atoms with Crippen LogP contribution in [-0.2, 0) is 18.9 Å². The van der Waals surface area contributed by atoms with Crippen molar-refractivity contribution in [2.24, 2.45) is 19.8 Å². The molecular formula is C8H13N5O2. The molecule has 0 fully saturated rings. The summed E-state index contributed by atoms with van der Waals surface area (Å²) in [7, 11) is 3.22. The standard InChI is InChI=1S/C8H13N5O2/c1-12-5(3-9)7(8(15)13(12)2)11-4-6(10)14/h3,9,11H,4H2,1-2H3,(H2,10,14). The maximum Gasteiger partial charge on any atom is 0.290 e. The van der Waals surface area contributed by atoms with Crippen LogP contribution in [0.4, 0.5) is 5.69 Å². The van der Waals surface area contributed by atoms with Crippen molar-refractivity contribution >= 4 is 17.8 Å². The minimum atomic E-state index is -0.558. The lowest BCUT2D eigenvalue weighted by Crippen LogP contribution is -2.25. The van der Waals surface area contributed by atoms with E-state index in [4.69, 9.17) is 11.1 Å². The highest BCUT2D eigenvalue weighted by atomic mass is 16.1. The number of nitrogens with one attached hydrogen (secondary N) is 2. The van der Waals surface area contributed by atoms with E-state index < -0.39 is 5.91 Å². The maximum absolute atomic E-state index is 11.6. The minimum absolute atomic E-state index is 0.125. The molecule has 0 atom stereocenters. The van der Waals surface area contributed by atoms with Crippen molar-refractivity contribution in [3.05, 3.63) is 16.0 Å². The molecule has 1 amide bonds. The Balaban J connectivity index is 3.16. The average Bonchev–Trinajstić information content (AvgIpc) is 2.39. The van der Waals surface area contributed by atoms with Gasteiger partial charge in [-0.2, -0.15) is 0 Å². The molecule has 0 saturated heterocycles. The second-order valence-electron chi connectivity index (χ2n) is 3.08. The molecule has 7 heteroatoms. The van der Waals surface area contributed by atoms with Gasteiger partial charge in [0, 0.05) is 20.3 Å². The van der Waals surface area contributed by atoms with E-state index in [-0.39, 0.29) is 17.8 Å². The molecule has 82 valence electrons. The van der Waals surface area contributed by atoms with Gasteiger partial charge in [0.2, 0.25) is 5.91 Å². The molecule has 1 heterocycles. The largest absolute Gasteiger partial charge is 0.370 e. The smallest absolute Gasteiger partial charge is 0.290 e. The van der Waals surface area contributed by atoms with Gasteiger partial charge in [0.05, 0.1) is 6.54 Å². The van der Waals surface area contributed by atoms with Crippen molar-refractivity contribution in [2.75, 3.05) is 11.9 Å². The van der Waals surface area contributed by atoms with Crippen molar-refractivity contribution in [2.45, 2.75) is 0 Å². The Kier molecular flexibility index (Phi) is 2.93. The Morgan fingerprint density at radius 2 is 2.13 bits per heavy atom. The molecule has 1 rings (SSSR count). The van der Waals surface area contributed by atoms with Crippen LogP contribution in [0.15, 0.2) is 4.79 Å². The fourth-order valence-electron chi connectivity index (χ4n) is 1.24. The fraction of sp³-hybridized carbons (Fsp3) is 0.375. The van der Waals surface area contributed by atoms with Gasteiger partial charge in [-0.05, 0) is 0 Å². The maximum atomic E-state index is 11.6. The van der Waals surface area contributed by atoms with Gasteiger partial charge >= 0.3 is 0 Å². The third kappa shape index (κ3) is 1.90. The van der Waals surface area contributed by atoms with Crippen LogP contribution in [0.1, 0.15) is 5.69 Å². The molecule has 0 unspecified atom stereocenters. The molecule has 0 aliphatic rings. The molecular weight excluding hydrogens is 198 g/mol. The highest BCUT2D eigenvalue weighted by Crippen LogP contribution is 2.06. The van der Waals surface area contributed by atoms with Crippen LogP contribution < -0.4 is 16.6 Å². The van der Waals surface area contributed by atoms with Crippen LogP contribution in [0.2, 0.25) is 0 Å². The number of primary amides is 1. The van der Waals surface area contributed by atoms with Gasteiger partial charge < -0.3 is 16.5 Å². The molecule has 7 nitrogen and oxygen atoms in total. The zero-order valence-corrected chi connectivity index (χ0v) is 8.57. The van der Waals surface area contributed by atoms with Crippen molar-refractivity contribution in [1.29, 1.82) is 5.41 Å². The quantitative estimate of drug-likeness (QED) is 0.534. The summed E-state index contributed by atoms with van der Waals surface area (Å²) < 4.78 is 2.85. The van der Waals surface area contributed by atoms with E-state index >= 15 is 0 Å². The summed E-state index contributed by atoms with van der Waals surface area (Å²) in [4.78, 5) is 22.2. The molecule has 0 bridgehead atoms. The zero-order chi connectivity index (χ0) is 11.6. The highest BCUT2D eigenvalue weighted by Gasteiger charge is 2.13. The number of nitrogens with two attached hydrogens (primary N) is 1.